The van der Waals surface area contributed by atoms with Crippen molar-refractivity contribution in [3.05, 3.63) is 71.8 Å². The van der Waals surface area contributed by atoms with Crippen molar-refractivity contribution in [1.29, 1.82) is 0 Å². The Hall–Kier alpha value is -1.39. The highest BCUT2D eigenvalue weighted by molar-refractivity contribution is 7.70. The molecule has 2 rings (SSSR count). The molecule has 0 atom stereocenters. The molecule has 1 heteroatoms. The Balaban J connectivity index is 2.52. The first kappa shape index (κ1) is 16.0. The fourth-order valence-corrected chi connectivity index (χ4v) is 5.83. The number of rotatable bonds is 5. The number of hydrogen-bond acceptors (Lipinski definition) is 0. The quantitative estimate of drug-likeness (QED) is 0.437. The first-order chi connectivity index (χ1) is 10.1. The van der Waals surface area contributed by atoms with Crippen LogP contribution >= 0.6 is 7.92 Å². The van der Waals surface area contributed by atoms with E-state index in [0.717, 1.165) is 0 Å². The minimum absolute atomic E-state index is 0.181. The monoisotopic (exact) mass is 296 g/mol. The lowest BCUT2D eigenvalue weighted by atomic mass is 10.1. The summed E-state index contributed by atoms with van der Waals surface area (Å²) in [7, 11) is -0.181. The zero-order valence-electron chi connectivity index (χ0n) is 13.5. The number of benzene rings is 2. The van der Waals surface area contributed by atoms with Crippen molar-refractivity contribution < 1.29 is 0 Å². The molecule has 0 heterocycles. The SMILES string of the molecule is CC(C)P(/C(=C/c1ccccc1)c1ccccc1)C(C)C. The van der Waals surface area contributed by atoms with Crippen molar-refractivity contribution in [2.24, 2.45) is 0 Å². The summed E-state index contributed by atoms with van der Waals surface area (Å²) in [6.07, 6.45) is 2.39. The van der Waals surface area contributed by atoms with Gasteiger partial charge >= 0.3 is 0 Å². The first-order valence-corrected chi connectivity index (χ1v) is 9.18. The molecule has 110 valence electrons. The van der Waals surface area contributed by atoms with Gasteiger partial charge < -0.3 is 0 Å². The van der Waals surface area contributed by atoms with Crippen LogP contribution in [0.4, 0.5) is 0 Å². The van der Waals surface area contributed by atoms with Crippen molar-refractivity contribution in [1.82, 2.24) is 0 Å². The fraction of sp³-hybridized carbons (Fsp3) is 0.300. The van der Waals surface area contributed by atoms with Crippen LogP contribution in [0.15, 0.2) is 60.7 Å². The van der Waals surface area contributed by atoms with Crippen molar-refractivity contribution in [3.63, 3.8) is 0 Å². The van der Waals surface area contributed by atoms with Crippen molar-refractivity contribution in [2.75, 3.05) is 0 Å². The van der Waals surface area contributed by atoms with Crippen molar-refractivity contribution in [3.8, 4) is 0 Å². The molecule has 0 N–H and O–H groups in total. The van der Waals surface area contributed by atoms with Gasteiger partial charge in [0.25, 0.3) is 0 Å². The van der Waals surface area contributed by atoms with Crippen LogP contribution in [0.5, 0.6) is 0 Å². The highest BCUT2D eigenvalue weighted by Gasteiger charge is 2.22. The molecule has 0 bridgehead atoms. The Morgan fingerprint density at radius 1 is 0.762 bits per heavy atom. The highest BCUT2D eigenvalue weighted by Crippen LogP contribution is 2.58. The summed E-state index contributed by atoms with van der Waals surface area (Å²) in [5.74, 6) is 0. The summed E-state index contributed by atoms with van der Waals surface area (Å²) in [5, 5.41) is 1.52. The molecule has 0 nitrogen and oxygen atoms in total. The van der Waals surface area contributed by atoms with E-state index in [0.29, 0.717) is 11.3 Å². The van der Waals surface area contributed by atoms with Gasteiger partial charge in [-0.15, -0.1) is 0 Å². The molecule has 21 heavy (non-hydrogen) atoms. The average Bonchev–Trinajstić information content (AvgIpc) is 2.48. The van der Waals surface area contributed by atoms with Crippen LogP contribution in [0.2, 0.25) is 0 Å². The van der Waals surface area contributed by atoms with Crippen LogP contribution in [0.1, 0.15) is 38.8 Å². The molecule has 0 saturated heterocycles. The standard InChI is InChI=1S/C20H25P/c1-16(2)21(17(3)4)20(19-13-9-6-10-14-19)15-18-11-7-5-8-12-18/h5-17H,1-4H3/b20-15+. The smallest absolute Gasteiger partial charge is 0.0157 e. The maximum Gasteiger partial charge on any atom is -0.0157 e. The minimum Gasteiger partial charge on any atom is -0.0694 e. The predicted molar refractivity (Wildman–Crippen MR) is 97.9 cm³/mol. The summed E-state index contributed by atoms with van der Waals surface area (Å²) < 4.78 is 0. The molecule has 0 aliphatic carbocycles. The molecule has 0 radical (unpaired) electrons. The van der Waals surface area contributed by atoms with E-state index in [1.165, 1.54) is 16.4 Å². The average molecular weight is 296 g/mol. The van der Waals surface area contributed by atoms with E-state index in [2.05, 4.69) is 94.4 Å². The summed E-state index contributed by atoms with van der Waals surface area (Å²) in [5.41, 5.74) is 4.05. The fourth-order valence-electron chi connectivity index (χ4n) is 2.78. The Labute approximate surface area is 130 Å². The van der Waals surface area contributed by atoms with Crippen LogP contribution in [0.25, 0.3) is 11.4 Å². The van der Waals surface area contributed by atoms with Gasteiger partial charge in [-0.25, -0.2) is 0 Å². The normalized spacial score (nSPS) is 12.4. The molecular formula is C20H25P. The lowest BCUT2D eigenvalue weighted by molar-refractivity contribution is 1.02. The Kier molecular flexibility index (Phi) is 5.76. The Bertz CT molecular complexity index is 559. The zero-order valence-corrected chi connectivity index (χ0v) is 14.3. The first-order valence-electron chi connectivity index (χ1n) is 7.70. The van der Waals surface area contributed by atoms with E-state index in [-0.39, 0.29) is 7.92 Å². The molecule has 0 aliphatic rings. The largest absolute Gasteiger partial charge is 0.0694 e. The summed E-state index contributed by atoms with van der Waals surface area (Å²) >= 11 is 0. The topological polar surface area (TPSA) is 0 Å². The van der Waals surface area contributed by atoms with Crippen LogP contribution in [0.3, 0.4) is 0 Å². The number of hydrogen-bond donors (Lipinski definition) is 0. The second-order valence-electron chi connectivity index (χ2n) is 5.90. The second kappa shape index (κ2) is 7.57. The molecule has 0 unspecified atom stereocenters. The van der Waals surface area contributed by atoms with Crippen LogP contribution < -0.4 is 0 Å². The van der Waals surface area contributed by atoms with E-state index in [1.807, 2.05) is 0 Å². The molecule has 0 aromatic heterocycles. The van der Waals surface area contributed by atoms with E-state index in [9.17, 15) is 0 Å². The molecule has 2 aromatic rings. The molecule has 0 spiro atoms. The lowest BCUT2D eigenvalue weighted by Crippen LogP contribution is -2.05. The van der Waals surface area contributed by atoms with Gasteiger partial charge in [-0.3, -0.25) is 0 Å². The maximum absolute atomic E-state index is 2.39. The van der Waals surface area contributed by atoms with Gasteiger partial charge in [-0.05, 0) is 33.8 Å². The van der Waals surface area contributed by atoms with Gasteiger partial charge in [-0.2, -0.15) is 0 Å². The van der Waals surface area contributed by atoms with Gasteiger partial charge in [0.15, 0.2) is 0 Å². The van der Waals surface area contributed by atoms with Crippen LogP contribution in [-0.2, 0) is 0 Å². The van der Waals surface area contributed by atoms with Crippen molar-refractivity contribution in [2.45, 2.75) is 39.0 Å². The summed E-state index contributed by atoms with van der Waals surface area (Å²) in [6.45, 7) is 9.42. The van der Waals surface area contributed by atoms with Gasteiger partial charge in [0.1, 0.15) is 0 Å². The Morgan fingerprint density at radius 3 is 1.71 bits per heavy atom. The van der Waals surface area contributed by atoms with Crippen LogP contribution in [0, 0.1) is 0 Å². The third kappa shape index (κ3) is 4.29. The van der Waals surface area contributed by atoms with Gasteiger partial charge in [0, 0.05) is 0 Å². The third-order valence-electron chi connectivity index (χ3n) is 3.56. The van der Waals surface area contributed by atoms with E-state index in [1.54, 1.807) is 0 Å². The molecule has 0 aliphatic heterocycles. The van der Waals surface area contributed by atoms with E-state index >= 15 is 0 Å². The van der Waals surface area contributed by atoms with Gasteiger partial charge in [0.2, 0.25) is 0 Å². The summed E-state index contributed by atoms with van der Waals surface area (Å²) in [6, 6.07) is 21.6. The maximum atomic E-state index is 2.39. The lowest BCUT2D eigenvalue weighted by Gasteiger charge is -2.29. The van der Waals surface area contributed by atoms with E-state index < -0.39 is 0 Å². The van der Waals surface area contributed by atoms with Crippen molar-refractivity contribution >= 4 is 19.3 Å². The third-order valence-corrected chi connectivity index (χ3v) is 6.73. The van der Waals surface area contributed by atoms with Gasteiger partial charge in [0.05, 0.1) is 0 Å². The predicted octanol–water partition coefficient (Wildman–Crippen LogP) is 6.48. The second-order valence-corrected chi connectivity index (χ2v) is 9.26. The van der Waals surface area contributed by atoms with Gasteiger partial charge in [-0.1, -0.05) is 96.3 Å². The molecule has 2 aromatic carbocycles. The molecule has 0 saturated carbocycles. The molecule has 0 amide bonds. The Morgan fingerprint density at radius 2 is 1.24 bits per heavy atom. The zero-order chi connectivity index (χ0) is 15.2. The molecule has 0 fully saturated rings. The molecular weight excluding hydrogens is 271 g/mol. The minimum atomic E-state index is -0.181. The van der Waals surface area contributed by atoms with E-state index in [4.69, 9.17) is 0 Å². The highest BCUT2D eigenvalue weighted by atomic mass is 31.1. The summed E-state index contributed by atoms with van der Waals surface area (Å²) in [4.78, 5) is 0. The van der Waals surface area contributed by atoms with Crippen LogP contribution in [-0.4, -0.2) is 11.3 Å².